The lowest BCUT2D eigenvalue weighted by atomic mass is 9.93. The number of amides is 2. The highest BCUT2D eigenvalue weighted by Gasteiger charge is 2.31. The van der Waals surface area contributed by atoms with E-state index in [9.17, 15) is 4.79 Å². The number of nitrogens with one attached hydrogen (secondary N) is 2. The molecule has 2 N–H and O–H groups in total. The third-order valence-corrected chi connectivity index (χ3v) is 6.13. The molecular formula is C20H32N6O2. The maximum atomic E-state index is 11.9. The highest BCUT2D eigenvalue weighted by Crippen LogP contribution is 2.26. The zero-order chi connectivity index (χ0) is 19.5. The van der Waals surface area contributed by atoms with Gasteiger partial charge in [0.25, 0.3) is 0 Å². The Morgan fingerprint density at radius 3 is 2.75 bits per heavy atom. The summed E-state index contributed by atoms with van der Waals surface area (Å²) in [7, 11) is 0. The summed E-state index contributed by atoms with van der Waals surface area (Å²) in [6.07, 6.45) is 6.00. The van der Waals surface area contributed by atoms with Gasteiger partial charge in [0.05, 0.1) is 12.1 Å². The monoisotopic (exact) mass is 388 g/mol. The van der Waals surface area contributed by atoms with Crippen LogP contribution in [0, 0.1) is 5.92 Å². The smallest absolute Gasteiger partial charge is 0.317 e. The fraction of sp³-hybridized carbons (Fsp3) is 0.750. The Kier molecular flexibility index (Phi) is 5.85. The van der Waals surface area contributed by atoms with Crippen LogP contribution in [0.25, 0.3) is 0 Å². The van der Waals surface area contributed by atoms with Gasteiger partial charge in [-0.15, -0.1) is 0 Å². The highest BCUT2D eigenvalue weighted by molar-refractivity contribution is 5.76. The maximum Gasteiger partial charge on any atom is 0.317 e. The average Bonchev–Trinajstić information content (AvgIpc) is 3.14. The van der Waals surface area contributed by atoms with Crippen molar-refractivity contribution in [3.63, 3.8) is 0 Å². The van der Waals surface area contributed by atoms with Crippen LogP contribution in [-0.4, -0.2) is 71.9 Å². The van der Waals surface area contributed by atoms with E-state index in [-0.39, 0.29) is 18.2 Å². The molecule has 0 unspecified atom stereocenters. The highest BCUT2D eigenvalue weighted by atomic mass is 16.5. The zero-order valence-corrected chi connectivity index (χ0v) is 16.9. The molecule has 3 saturated heterocycles. The Morgan fingerprint density at radius 1 is 1.21 bits per heavy atom. The van der Waals surface area contributed by atoms with Crippen molar-refractivity contribution in [3.8, 4) is 0 Å². The molecule has 2 atom stereocenters. The summed E-state index contributed by atoms with van der Waals surface area (Å²) in [6.45, 7) is 8.67. The number of hydrogen-bond acceptors (Lipinski definition) is 6. The first-order valence-electron chi connectivity index (χ1n) is 10.6. The summed E-state index contributed by atoms with van der Waals surface area (Å²) in [5, 5.41) is 6.49. The number of nitrogens with zero attached hydrogens (tertiary/aromatic N) is 4. The molecule has 0 bridgehead atoms. The van der Waals surface area contributed by atoms with E-state index >= 15 is 0 Å². The van der Waals surface area contributed by atoms with Crippen molar-refractivity contribution in [1.29, 1.82) is 0 Å². The SMILES string of the molecule is CC(C)[C@H]1OCCC[C@H]1Nc1cc(N2CCC(N3CCNC3=O)CC2)ncn1. The quantitative estimate of drug-likeness (QED) is 0.804. The van der Waals surface area contributed by atoms with Gasteiger partial charge in [0, 0.05) is 44.9 Å². The number of urea groups is 1. The van der Waals surface area contributed by atoms with E-state index in [1.807, 2.05) is 4.90 Å². The second-order valence-electron chi connectivity index (χ2n) is 8.38. The second-order valence-corrected chi connectivity index (χ2v) is 8.38. The predicted octanol–water partition coefficient (Wildman–Crippen LogP) is 2.09. The van der Waals surface area contributed by atoms with Crippen LogP contribution in [0.3, 0.4) is 0 Å². The lowest BCUT2D eigenvalue weighted by molar-refractivity contribution is -0.0203. The van der Waals surface area contributed by atoms with Gasteiger partial charge >= 0.3 is 6.03 Å². The van der Waals surface area contributed by atoms with Gasteiger partial charge in [0.15, 0.2) is 0 Å². The van der Waals surface area contributed by atoms with Gasteiger partial charge in [-0.2, -0.15) is 0 Å². The summed E-state index contributed by atoms with van der Waals surface area (Å²) in [5.74, 6) is 2.30. The number of ether oxygens (including phenoxy) is 1. The van der Waals surface area contributed by atoms with Gasteiger partial charge in [-0.25, -0.2) is 14.8 Å². The Morgan fingerprint density at radius 2 is 2.04 bits per heavy atom. The molecule has 8 heteroatoms. The first-order chi connectivity index (χ1) is 13.6. The third-order valence-electron chi connectivity index (χ3n) is 6.13. The standard InChI is InChI=1S/C20H32N6O2/c1-14(2)19-16(4-3-11-28-19)24-17-12-18(23-13-22-17)25-8-5-15(6-9-25)26-10-7-21-20(26)27/h12-16,19H,3-11H2,1-2H3,(H,21,27)(H,22,23,24)/t16-,19-/m1/s1. The van der Waals surface area contributed by atoms with Crippen LogP contribution >= 0.6 is 0 Å². The summed E-state index contributed by atoms with van der Waals surface area (Å²) in [6, 6.07) is 2.76. The number of anilines is 2. The third kappa shape index (κ3) is 4.16. The van der Waals surface area contributed by atoms with Crippen LogP contribution in [-0.2, 0) is 4.74 Å². The average molecular weight is 389 g/mol. The number of rotatable bonds is 5. The summed E-state index contributed by atoms with van der Waals surface area (Å²) in [5.41, 5.74) is 0. The predicted molar refractivity (Wildman–Crippen MR) is 109 cm³/mol. The van der Waals surface area contributed by atoms with E-state index in [0.717, 1.165) is 70.1 Å². The van der Waals surface area contributed by atoms with Crippen molar-refractivity contribution < 1.29 is 9.53 Å². The number of carbonyl (C=O) groups is 1. The van der Waals surface area contributed by atoms with Crippen molar-refractivity contribution >= 4 is 17.7 Å². The van der Waals surface area contributed by atoms with Gasteiger partial charge in [0.1, 0.15) is 18.0 Å². The molecule has 0 aliphatic carbocycles. The largest absolute Gasteiger partial charge is 0.376 e. The summed E-state index contributed by atoms with van der Waals surface area (Å²) < 4.78 is 5.99. The van der Waals surface area contributed by atoms with Crippen LogP contribution in [0.5, 0.6) is 0 Å². The number of hydrogen-bond donors (Lipinski definition) is 2. The molecule has 1 aromatic heterocycles. The van der Waals surface area contributed by atoms with Gasteiger partial charge in [-0.05, 0) is 31.6 Å². The van der Waals surface area contributed by atoms with E-state index in [0.29, 0.717) is 12.0 Å². The maximum absolute atomic E-state index is 11.9. The second kappa shape index (κ2) is 8.51. The van der Waals surface area contributed by atoms with Crippen LogP contribution in [0.2, 0.25) is 0 Å². The van der Waals surface area contributed by atoms with Crippen molar-refractivity contribution in [3.05, 3.63) is 12.4 Å². The lowest BCUT2D eigenvalue weighted by Gasteiger charge is -2.37. The van der Waals surface area contributed by atoms with E-state index in [4.69, 9.17) is 4.74 Å². The Hall–Kier alpha value is -2.09. The van der Waals surface area contributed by atoms with E-state index in [1.54, 1.807) is 6.33 Å². The Bertz CT molecular complexity index is 676. The van der Waals surface area contributed by atoms with E-state index < -0.39 is 0 Å². The molecule has 0 spiro atoms. The van der Waals surface area contributed by atoms with Crippen LogP contribution < -0.4 is 15.5 Å². The number of aromatic nitrogens is 2. The normalized spacial score (nSPS) is 26.6. The van der Waals surface area contributed by atoms with Crippen molar-refractivity contribution in [2.75, 3.05) is 43.0 Å². The van der Waals surface area contributed by atoms with Crippen molar-refractivity contribution in [1.82, 2.24) is 20.2 Å². The van der Waals surface area contributed by atoms with Gasteiger partial charge in [0.2, 0.25) is 0 Å². The minimum Gasteiger partial charge on any atom is -0.376 e. The number of carbonyl (C=O) groups excluding carboxylic acids is 1. The lowest BCUT2D eigenvalue weighted by Crippen LogP contribution is -2.46. The summed E-state index contributed by atoms with van der Waals surface area (Å²) in [4.78, 5) is 25.1. The first kappa shape index (κ1) is 19.2. The molecule has 1 aromatic rings. The topological polar surface area (TPSA) is 82.6 Å². The summed E-state index contributed by atoms with van der Waals surface area (Å²) >= 11 is 0. The van der Waals surface area contributed by atoms with E-state index in [1.165, 1.54) is 0 Å². The van der Waals surface area contributed by atoms with Gasteiger partial charge < -0.3 is 25.2 Å². The van der Waals surface area contributed by atoms with Crippen molar-refractivity contribution in [2.24, 2.45) is 5.92 Å². The molecule has 28 heavy (non-hydrogen) atoms. The molecule has 3 fully saturated rings. The zero-order valence-electron chi connectivity index (χ0n) is 16.9. The molecule has 0 aromatic carbocycles. The Balaban J connectivity index is 1.37. The molecular weight excluding hydrogens is 356 g/mol. The number of piperidine rings is 1. The molecule has 3 aliphatic rings. The molecule has 3 aliphatic heterocycles. The van der Waals surface area contributed by atoms with Crippen molar-refractivity contribution in [2.45, 2.75) is 57.7 Å². The minimum absolute atomic E-state index is 0.0846. The Labute approximate surface area is 167 Å². The minimum atomic E-state index is 0.0846. The van der Waals surface area contributed by atoms with Gasteiger partial charge in [-0.1, -0.05) is 13.8 Å². The molecule has 4 rings (SSSR count). The first-order valence-corrected chi connectivity index (χ1v) is 10.6. The van der Waals surface area contributed by atoms with Crippen LogP contribution in [0.4, 0.5) is 16.4 Å². The molecule has 0 radical (unpaired) electrons. The molecule has 154 valence electrons. The molecule has 4 heterocycles. The molecule has 0 saturated carbocycles. The molecule has 8 nitrogen and oxygen atoms in total. The fourth-order valence-corrected chi connectivity index (χ4v) is 4.64. The van der Waals surface area contributed by atoms with Gasteiger partial charge in [-0.3, -0.25) is 0 Å². The van der Waals surface area contributed by atoms with Crippen LogP contribution in [0.1, 0.15) is 39.5 Å². The van der Waals surface area contributed by atoms with E-state index in [2.05, 4.69) is 45.4 Å². The fourth-order valence-electron chi connectivity index (χ4n) is 4.64. The molecule has 2 amide bonds. The van der Waals surface area contributed by atoms with Crippen LogP contribution in [0.15, 0.2) is 12.4 Å².